The predicted molar refractivity (Wildman–Crippen MR) is 73.4 cm³/mol. The van der Waals surface area contributed by atoms with E-state index in [9.17, 15) is 5.11 Å². The average Bonchev–Trinajstić information content (AvgIpc) is 2.92. The van der Waals surface area contributed by atoms with Crippen LogP contribution in [0.5, 0.6) is 0 Å². The number of nitrogens with one attached hydrogen (secondary N) is 1. The van der Waals surface area contributed by atoms with E-state index in [1.807, 2.05) is 11.7 Å². The van der Waals surface area contributed by atoms with E-state index in [0.29, 0.717) is 18.4 Å². The van der Waals surface area contributed by atoms with Crippen LogP contribution < -0.4 is 11.1 Å². The lowest BCUT2D eigenvalue weighted by atomic mass is 9.97. The molecule has 5 nitrogen and oxygen atoms in total. The molecule has 1 aromatic rings. The number of nitrogens with two attached hydrogens (primary N) is 1. The van der Waals surface area contributed by atoms with Gasteiger partial charge in [0.05, 0.1) is 11.4 Å². The van der Waals surface area contributed by atoms with Crippen LogP contribution >= 0.6 is 0 Å². The van der Waals surface area contributed by atoms with Crippen molar-refractivity contribution in [2.75, 3.05) is 24.2 Å². The number of hydrogen-bond acceptors (Lipinski definition) is 4. The fraction of sp³-hybridized carbons (Fsp3) is 0.769. The van der Waals surface area contributed by atoms with Crippen LogP contribution in [-0.4, -0.2) is 28.0 Å². The molecule has 2 unspecified atom stereocenters. The van der Waals surface area contributed by atoms with E-state index < -0.39 is 0 Å². The van der Waals surface area contributed by atoms with Crippen LogP contribution in [0.3, 0.4) is 0 Å². The topological polar surface area (TPSA) is 76.1 Å². The molecule has 1 aromatic heterocycles. The van der Waals surface area contributed by atoms with Crippen LogP contribution in [-0.2, 0) is 13.5 Å². The van der Waals surface area contributed by atoms with Gasteiger partial charge < -0.3 is 16.2 Å². The van der Waals surface area contributed by atoms with Gasteiger partial charge in [0.25, 0.3) is 0 Å². The Bertz CT molecular complexity index is 402. The minimum atomic E-state index is 0.299. The predicted octanol–water partition coefficient (Wildman–Crippen LogP) is 1.39. The van der Waals surface area contributed by atoms with E-state index in [4.69, 9.17) is 5.73 Å². The molecule has 0 amide bonds. The van der Waals surface area contributed by atoms with Crippen LogP contribution in [0.25, 0.3) is 0 Å². The second kappa shape index (κ2) is 5.61. The Labute approximate surface area is 108 Å². The van der Waals surface area contributed by atoms with Gasteiger partial charge in [-0.05, 0) is 31.1 Å². The summed E-state index contributed by atoms with van der Waals surface area (Å²) in [6.07, 6.45) is 4.41. The van der Waals surface area contributed by atoms with Gasteiger partial charge in [-0.25, -0.2) is 0 Å². The fourth-order valence-electron chi connectivity index (χ4n) is 2.92. The molecule has 0 aliphatic heterocycles. The number of aromatic nitrogens is 2. The molecule has 0 aromatic carbocycles. The second-order valence-corrected chi connectivity index (χ2v) is 5.20. The van der Waals surface area contributed by atoms with E-state index >= 15 is 0 Å². The number of aryl methyl sites for hydroxylation is 2. The molecule has 0 bridgehead atoms. The number of rotatable bonds is 5. The summed E-state index contributed by atoms with van der Waals surface area (Å²) >= 11 is 0. The van der Waals surface area contributed by atoms with E-state index in [0.717, 1.165) is 36.6 Å². The van der Waals surface area contributed by atoms with Crippen molar-refractivity contribution in [1.29, 1.82) is 0 Å². The number of anilines is 2. The first kappa shape index (κ1) is 13.2. The highest BCUT2D eigenvalue weighted by Gasteiger charge is 2.26. The van der Waals surface area contributed by atoms with Crippen molar-refractivity contribution in [1.82, 2.24) is 9.78 Å². The highest BCUT2D eigenvalue weighted by molar-refractivity contribution is 5.65. The van der Waals surface area contributed by atoms with Crippen molar-refractivity contribution in [3.8, 4) is 0 Å². The number of nitrogens with zero attached hydrogens (tertiary/aromatic N) is 2. The molecule has 1 heterocycles. The van der Waals surface area contributed by atoms with Gasteiger partial charge in [0.2, 0.25) is 0 Å². The molecule has 1 aliphatic rings. The molecule has 102 valence electrons. The maximum Gasteiger partial charge on any atom is 0.147 e. The quantitative estimate of drug-likeness (QED) is 0.740. The molecular formula is C13H24N4O. The lowest BCUT2D eigenvalue weighted by molar-refractivity contribution is 0.199. The number of aliphatic hydroxyl groups is 1. The molecule has 0 spiro atoms. The van der Waals surface area contributed by atoms with Gasteiger partial charge in [-0.1, -0.05) is 13.3 Å². The van der Waals surface area contributed by atoms with Crippen molar-refractivity contribution >= 4 is 11.5 Å². The standard InChI is InChI=1S/C13H24N4O/c1-3-11-12(14)13(17(2)16-11)15-7-9-5-4-6-10(9)8-18/h9-10,15,18H,3-8,14H2,1-2H3. The third-order valence-electron chi connectivity index (χ3n) is 4.08. The third-order valence-corrected chi connectivity index (χ3v) is 4.08. The highest BCUT2D eigenvalue weighted by Crippen LogP contribution is 2.32. The summed E-state index contributed by atoms with van der Waals surface area (Å²) in [5, 5.41) is 17.1. The van der Waals surface area contributed by atoms with E-state index in [1.54, 1.807) is 0 Å². The molecular weight excluding hydrogens is 228 g/mol. The van der Waals surface area contributed by atoms with Crippen LogP contribution in [0.4, 0.5) is 11.5 Å². The van der Waals surface area contributed by atoms with Gasteiger partial charge in [-0.3, -0.25) is 4.68 Å². The Hall–Kier alpha value is -1.23. The molecule has 0 saturated heterocycles. The van der Waals surface area contributed by atoms with Crippen molar-refractivity contribution in [2.45, 2.75) is 32.6 Å². The summed E-state index contributed by atoms with van der Waals surface area (Å²) in [4.78, 5) is 0. The highest BCUT2D eigenvalue weighted by atomic mass is 16.3. The average molecular weight is 252 g/mol. The Morgan fingerprint density at radius 3 is 2.78 bits per heavy atom. The largest absolute Gasteiger partial charge is 0.396 e. The van der Waals surface area contributed by atoms with Crippen molar-refractivity contribution in [2.24, 2.45) is 18.9 Å². The number of aliphatic hydroxyl groups excluding tert-OH is 1. The lowest BCUT2D eigenvalue weighted by Gasteiger charge is -2.18. The van der Waals surface area contributed by atoms with Gasteiger partial charge in [0.15, 0.2) is 0 Å². The van der Waals surface area contributed by atoms with Gasteiger partial charge in [0.1, 0.15) is 5.82 Å². The summed E-state index contributed by atoms with van der Waals surface area (Å²) in [5.41, 5.74) is 7.78. The SMILES string of the molecule is CCc1nn(C)c(NCC2CCCC2CO)c1N. The molecule has 2 atom stereocenters. The molecule has 1 aliphatic carbocycles. The molecule has 0 radical (unpaired) electrons. The zero-order valence-corrected chi connectivity index (χ0v) is 11.3. The first-order valence-electron chi connectivity index (χ1n) is 6.83. The Morgan fingerprint density at radius 1 is 1.44 bits per heavy atom. The second-order valence-electron chi connectivity index (χ2n) is 5.20. The van der Waals surface area contributed by atoms with E-state index in [2.05, 4.69) is 17.3 Å². The summed E-state index contributed by atoms with van der Waals surface area (Å²) in [7, 11) is 1.91. The minimum absolute atomic E-state index is 0.299. The van der Waals surface area contributed by atoms with Crippen LogP contribution in [0.2, 0.25) is 0 Å². The lowest BCUT2D eigenvalue weighted by Crippen LogP contribution is -2.22. The zero-order chi connectivity index (χ0) is 13.1. The Balaban J connectivity index is 1.99. The monoisotopic (exact) mass is 252 g/mol. The van der Waals surface area contributed by atoms with Crippen LogP contribution in [0, 0.1) is 11.8 Å². The number of hydrogen-bond donors (Lipinski definition) is 3. The van der Waals surface area contributed by atoms with Crippen LogP contribution in [0.1, 0.15) is 31.9 Å². The Morgan fingerprint density at radius 2 is 2.17 bits per heavy atom. The molecule has 1 fully saturated rings. The minimum Gasteiger partial charge on any atom is -0.396 e. The molecule has 1 saturated carbocycles. The maximum atomic E-state index is 9.31. The van der Waals surface area contributed by atoms with Gasteiger partial charge in [0, 0.05) is 20.2 Å². The normalized spacial score (nSPS) is 23.5. The summed E-state index contributed by atoms with van der Waals surface area (Å²) in [5.74, 6) is 1.91. The summed E-state index contributed by atoms with van der Waals surface area (Å²) < 4.78 is 1.82. The summed E-state index contributed by atoms with van der Waals surface area (Å²) in [6.45, 7) is 3.23. The van der Waals surface area contributed by atoms with E-state index in [1.165, 1.54) is 12.8 Å². The first-order valence-corrected chi connectivity index (χ1v) is 6.83. The fourth-order valence-corrected chi connectivity index (χ4v) is 2.92. The Kier molecular flexibility index (Phi) is 4.11. The molecule has 4 N–H and O–H groups in total. The third kappa shape index (κ3) is 2.46. The van der Waals surface area contributed by atoms with Gasteiger partial charge in [-0.15, -0.1) is 0 Å². The molecule has 5 heteroatoms. The van der Waals surface area contributed by atoms with Crippen molar-refractivity contribution in [3.05, 3.63) is 5.69 Å². The van der Waals surface area contributed by atoms with Crippen LogP contribution in [0.15, 0.2) is 0 Å². The van der Waals surface area contributed by atoms with Gasteiger partial charge >= 0.3 is 0 Å². The smallest absolute Gasteiger partial charge is 0.147 e. The van der Waals surface area contributed by atoms with E-state index in [-0.39, 0.29) is 0 Å². The number of nitrogen functional groups attached to an aromatic ring is 1. The maximum absolute atomic E-state index is 9.31. The molecule has 18 heavy (non-hydrogen) atoms. The molecule has 2 rings (SSSR count). The summed E-state index contributed by atoms with van der Waals surface area (Å²) in [6, 6.07) is 0. The van der Waals surface area contributed by atoms with Crippen molar-refractivity contribution < 1.29 is 5.11 Å². The zero-order valence-electron chi connectivity index (χ0n) is 11.3. The van der Waals surface area contributed by atoms with Crippen molar-refractivity contribution in [3.63, 3.8) is 0 Å². The first-order chi connectivity index (χ1) is 8.67. The van der Waals surface area contributed by atoms with Gasteiger partial charge in [-0.2, -0.15) is 5.10 Å².